The fraction of sp³-hybridized carbons (Fsp3) is 0.0500. The second-order valence-electron chi connectivity index (χ2n) is 6.02. The van der Waals surface area contributed by atoms with Crippen molar-refractivity contribution in [1.29, 1.82) is 0 Å². The lowest BCUT2D eigenvalue weighted by Gasteiger charge is -2.10. The summed E-state index contributed by atoms with van der Waals surface area (Å²) in [5.74, 6) is 0.996. The fourth-order valence-corrected chi connectivity index (χ4v) is 4.69. The molecule has 28 heavy (non-hydrogen) atoms. The molecule has 1 heterocycles. The molecule has 4 rings (SSSR count). The summed E-state index contributed by atoms with van der Waals surface area (Å²) >= 11 is 7.64. The first-order valence-electron chi connectivity index (χ1n) is 8.33. The highest BCUT2D eigenvalue weighted by atomic mass is 35.5. The number of thiazole rings is 1. The van der Waals surface area contributed by atoms with Crippen molar-refractivity contribution in [2.75, 3.05) is 4.72 Å². The number of sulfonamides is 1. The number of hydrogen-bond donors (Lipinski definition) is 1. The van der Waals surface area contributed by atoms with E-state index in [1.54, 1.807) is 53.8 Å². The van der Waals surface area contributed by atoms with Crippen molar-refractivity contribution in [3.63, 3.8) is 0 Å². The van der Waals surface area contributed by atoms with Gasteiger partial charge in [-0.2, -0.15) is 0 Å². The molecule has 0 fully saturated rings. The summed E-state index contributed by atoms with van der Waals surface area (Å²) in [6.45, 7) is 1.92. The van der Waals surface area contributed by atoms with Crippen molar-refractivity contribution >= 4 is 48.9 Å². The lowest BCUT2D eigenvalue weighted by molar-refractivity contribution is 0.482. The summed E-state index contributed by atoms with van der Waals surface area (Å²) in [7, 11) is -3.73. The van der Waals surface area contributed by atoms with Gasteiger partial charge >= 0.3 is 0 Å². The molecule has 0 saturated carbocycles. The zero-order valence-electron chi connectivity index (χ0n) is 14.7. The van der Waals surface area contributed by atoms with Gasteiger partial charge in [-0.1, -0.05) is 23.7 Å². The number of fused-ring (bicyclic) bond motifs is 1. The van der Waals surface area contributed by atoms with Crippen LogP contribution >= 0.6 is 22.9 Å². The molecular weight excluding hydrogens is 416 g/mol. The molecule has 4 aromatic rings. The maximum Gasteiger partial charge on any atom is 0.261 e. The molecule has 1 aromatic heterocycles. The molecule has 5 nitrogen and oxygen atoms in total. The smallest absolute Gasteiger partial charge is 0.261 e. The first kappa shape index (κ1) is 18.7. The molecular formula is C20H15ClN2O3S2. The molecule has 0 aliphatic rings. The van der Waals surface area contributed by atoms with Crippen LogP contribution in [0.25, 0.3) is 10.2 Å². The topological polar surface area (TPSA) is 68.3 Å². The molecule has 0 bridgehead atoms. The number of anilines is 1. The van der Waals surface area contributed by atoms with Gasteiger partial charge in [-0.15, -0.1) is 11.3 Å². The zero-order valence-corrected chi connectivity index (χ0v) is 17.1. The van der Waals surface area contributed by atoms with Gasteiger partial charge in [0.05, 0.1) is 30.8 Å². The average Bonchev–Trinajstić information content (AvgIpc) is 3.03. The summed E-state index contributed by atoms with van der Waals surface area (Å²) in [5, 5.41) is 1.41. The van der Waals surface area contributed by atoms with E-state index >= 15 is 0 Å². The molecule has 8 heteroatoms. The van der Waals surface area contributed by atoms with Crippen molar-refractivity contribution in [3.8, 4) is 11.5 Å². The Morgan fingerprint density at radius 1 is 1.04 bits per heavy atom. The van der Waals surface area contributed by atoms with Gasteiger partial charge in [0.15, 0.2) is 0 Å². The second kappa shape index (κ2) is 7.43. The summed E-state index contributed by atoms with van der Waals surface area (Å²) < 4.78 is 34.6. The van der Waals surface area contributed by atoms with E-state index in [4.69, 9.17) is 16.3 Å². The Morgan fingerprint density at radius 2 is 1.79 bits per heavy atom. The number of rotatable bonds is 5. The van der Waals surface area contributed by atoms with E-state index < -0.39 is 10.0 Å². The Kier molecular flexibility index (Phi) is 4.97. The standard InChI is InChI=1S/C20H15ClN2O3S2/c1-13-22-18-12-14(6-11-20(18)27-13)23-28(24,25)16-9-7-15(8-10-16)26-19-5-3-2-4-17(19)21/h2-12,23H,1H3. The maximum absolute atomic E-state index is 12.7. The third kappa shape index (κ3) is 3.96. The van der Waals surface area contributed by atoms with Gasteiger partial charge in [0.25, 0.3) is 10.0 Å². The van der Waals surface area contributed by atoms with E-state index in [2.05, 4.69) is 9.71 Å². The highest BCUT2D eigenvalue weighted by Gasteiger charge is 2.15. The number of ether oxygens (including phenoxy) is 1. The number of nitrogens with one attached hydrogen (secondary N) is 1. The lowest BCUT2D eigenvalue weighted by Crippen LogP contribution is -2.12. The van der Waals surface area contributed by atoms with Crippen molar-refractivity contribution in [3.05, 3.63) is 76.8 Å². The monoisotopic (exact) mass is 430 g/mol. The summed E-state index contributed by atoms with van der Waals surface area (Å²) in [6.07, 6.45) is 0. The van der Waals surface area contributed by atoms with E-state index in [0.717, 1.165) is 15.2 Å². The van der Waals surface area contributed by atoms with Crippen molar-refractivity contribution in [1.82, 2.24) is 4.98 Å². The van der Waals surface area contributed by atoms with Crippen LogP contribution in [0.2, 0.25) is 5.02 Å². The van der Waals surface area contributed by atoms with Crippen LogP contribution in [0.3, 0.4) is 0 Å². The Labute approximate surface area is 171 Å². The van der Waals surface area contributed by atoms with Gasteiger partial charge in [-0.3, -0.25) is 4.72 Å². The maximum atomic E-state index is 12.7. The minimum Gasteiger partial charge on any atom is -0.456 e. The van der Waals surface area contributed by atoms with E-state index in [0.29, 0.717) is 22.2 Å². The van der Waals surface area contributed by atoms with Crippen molar-refractivity contribution in [2.45, 2.75) is 11.8 Å². The normalized spacial score (nSPS) is 11.5. The Balaban J connectivity index is 1.54. The molecule has 1 N–H and O–H groups in total. The van der Waals surface area contributed by atoms with Gasteiger partial charge < -0.3 is 4.74 Å². The Bertz CT molecular complexity index is 1250. The van der Waals surface area contributed by atoms with E-state index in [9.17, 15) is 8.42 Å². The fourth-order valence-electron chi connectivity index (χ4n) is 2.66. The summed E-state index contributed by atoms with van der Waals surface area (Å²) in [6, 6.07) is 18.5. The molecule has 0 amide bonds. The molecule has 3 aromatic carbocycles. The SMILES string of the molecule is Cc1nc2cc(NS(=O)(=O)c3ccc(Oc4ccccc4Cl)cc3)ccc2s1. The largest absolute Gasteiger partial charge is 0.456 e. The van der Waals surface area contributed by atoms with Crippen LogP contribution in [0.15, 0.2) is 71.6 Å². The quantitative estimate of drug-likeness (QED) is 0.431. The van der Waals surface area contributed by atoms with Crippen molar-refractivity contribution in [2.24, 2.45) is 0 Å². The van der Waals surface area contributed by atoms with Gasteiger partial charge in [0.1, 0.15) is 11.5 Å². The predicted octanol–water partition coefficient (Wildman–Crippen LogP) is 5.85. The number of aromatic nitrogens is 1. The highest BCUT2D eigenvalue weighted by Crippen LogP contribution is 2.30. The molecule has 0 aliphatic carbocycles. The molecule has 0 radical (unpaired) electrons. The number of para-hydroxylation sites is 1. The van der Waals surface area contributed by atoms with Crippen LogP contribution in [0.4, 0.5) is 5.69 Å². The zero-order chi connectivity index (χ0) is 19.7. The van der Waals surface area contributed by atoms with Crippen LogP contribution < -0.4 is 9.46 Å². The van der Waals surface area contributed by atoms with Crippen LogP contribution in [-0.2, 0) is 10.0 Å². The first-order valence-corrected chi connectivity index (χ1v) is 11.0. The Hall–Kier alpha value is -2.61. The van der Waals surface area contributed by atoms with Gasteiger partial charge in [-0.25, -0.2) is 13.4 Å². The van der Waals surface area contributed by atoms with Gasteiger partial charge in [0, 0.05) is 0 Å². The molecule has 0 spiro atoms. The van der Waals surface area contributed by atoms with Crippen LogP contribution in [0, 0.1) is 6.92 Å². The third-order valence-corrected chi connectivity index (χ3v) is 6.61. The van der Waals surface area contributed by atoms with Gasteiger partial charge in [-0.05, 0) is 61.5 Å². The van der Waals surface area contributed by atoms with Crippen LogP contribution in [-0.4, -0.2) is 13.4 Å². The Morgan fingerprint density at radius 3 is 2.54 bits per heavy atom. The average molecular weight is 431 g/mol. The number of hydrogen-bond acceptors (Lipinski definition) is 5. The highest BCUT2D eigenvalue weighted by molar-refractivity contribution is 7.92. The molecule has 0 atom stereocenters. The summed E-state index contributed by atoms with van der Waals surface area (Å²) in [5.41, 5.74) is 1.24. The van der Waals surface area contributed by atoms with Crippen molar-refractivity contribution < 1.29 is 13.2 Å². The minimum absolute atomic E-state index is 0.133. The molecule has 0 aliphatic heterocycles. The van der Waals surface area contributed by atoms with E-state index in [1.165, 1.54) is 12.1 Å². The van der Waals surface area contributed by atoms with E-state index in [1.807, 2.05) is 19.1 Å². The predicted molar refractivity (Wildman–Crippen MR) is 113 cm³/mol. The minimum atomic E-state index is -3.73. The number of nitrogens with zero attached hydrogens (tertiary/aromatic N) is 1. The summed E-state index contributed by atoms with van der Waals surface area (Å²) in [4.78, 5) is 4.52. The first-order chi connectivity index (χ1) is 13.4. The molecule has 0 unspecified atom stereocenters. The van der Waals surface area contributed by atoms with Crippen LogP contribution in [0.1, 0.15) is 5.01 Å². The van der Waals surface area contributed by atoms with Crippen LogP contribution in [0.5, 0.6) is 11.5 Å². The number of aryl methyl sites for hydroxylation is 1. The molecule has 0 saturated heterocycles. The third-order valence-electron chi connectivity index (χ3n) is 3.95. The van der Waals surface area contributed by atoms with E-state index in [-0.39, 0.29) is 4.90 Å². The number of benzene rings is 3. The lowest BCUT2D eigenvalue weighted by atomic mass is 10.3. The number of halogens is 1. The second-order valence-corrected chi connectivity index (χ2v) is 9.35. The van der Waals surface area contributed by atoms with Gasteiger partial charge in [0.2, 0.25) is 0 Å². The molecule has 142 valence electrons.